The SMILES string of the molecule is COC(=O)c1ccc(-n2[nH]c3c(c(-c4cccc(C(F)(F)F)c4)nc4c3cnn4C)c2=O)cc1F. The number of halogens is 4. The predicted molar refractivity (Wildman–Crippen MR) is 118 cm³/mol. The molecule has 0 amide bonds. The summed E-state index contributed by atoms with van der Waals surface area (Å²) < 4.78 is 61.6. The van der Waals surface area contributed by atoms with Crippen LogP contribution < -0.4 is 5.56 Å². The number of nitrogens with one attached hydrogen (secondary N) is 1. The van der Waals surface area contributed by atoms with Crippen LogP contribution in [-0.4, -0.2) is 37.6 Å². The third-order valence-corrected chi connectivity index (χ3v) is 5.60. The van der Waals surface area contributed by atoms with Gasteiger partial charge in [0.25, 0.3) is 5.56 Å². The minimum atomic E-state index is -4.59. The van der Waals surface area contributed by atoms with Gasteiger partial charge in [-0.3, -0.25) is 14.6 Å². The third-order valence-electron chi connectivity index (χ3n) is 5.60. The van der Waals surface area contributed by atoms with Crippen molar-refractivity contribution in [3.05, 3.63) is 76.0 Å². The number of hydrogen-bond donors (Lipinski definition) is 1. The van der Waals surface area contributed by atoms with Gasteiger partial charge in [-0.2, -0.15) is 18.3 Å². The van der Waals surface area contributed by atoms with Gasteiger partial charge in [0.15, 0.2) is 5.65 Å². The molecule has 178 valence electrons. The maximum Gasteiger partial charge on any atom is 0.416 e. The molecule has 0 radical (unpaired) electrons. The second-order valence-electron chi connectivity index (χ2n) is 7.70. The van der Waals surface area contributed by atoms with E-state index in [9.17, 15) is 27.2 Å². The molecule has 2 aromatic carbocycles. The first-order chi connectivity index (χ1) is 16.6. The Morgan fingerprint density at radius 2 is 1.91 bits per heavy atom. The number of ether oxygens (including phenoxy) is 1. The lowest BCUT2D eigenvalue weighted by atomic mass is 10.0. The lowest BCUT2D eigenvalue weighted by Crippen LogP contribution is -2.16. The van der Waals surface area contributed by atoms with Gasteiger partial charge in [0.1, 0.15) is 5.82 Å². The van der Waals surface area contributed by atoms with E-state index in [2.05, 4.69) is 19.9 Å². The number of methoxy groups -OCH3 is 1. The summed E-state index contributed by atoms with van der Waals surface area (Å²) in [7, 11) is 2.71. The highest BCUT2D eigenvalue weighted by Gasteiger charge is 2.31. The normalized spacial score (nSPS) is 11.9. The average Bonchev–Trinajstić information content (AvgIpc) is 3.37. The van der Waals surface area contributed by atoms with E-state index in [4.69, 9.17) is 0 Å². The second kappa shape index (κ2) is 7.79. The molecule has 5 rings (SSSR count). The van der Waals surface area contributed by atoms with Crippen molar-refractivity contribution in [3.8, 4) is 16.9 Å². The molecule has 35 heavy (non-hydrogen) atoms. The van der Waals surface area contributed by atoms with E-state index < -0.39 is 29.1 Å². The lowest BCUT2D eigenvalue weighted by molar-refractivity contribution is -0.137. The number of aromatic amines is 1. The summed E-state index contributed by atoms with van der Waals surface area (Å²) in [6, 6.07) is 7.95. The van der Waals surface area contributed by atoms with Crippen LogP contribution in [0.25, 0.3) is 38.9 Å². The number of pyridine rings is 1. The van der Waals surface area contributed by atoms with Gasteiger partial charge in [0.2, 0.25) is 0 Å². The zero-order chi connectivity index (χ0) is 25.1. The van der Waals surface area contributed by atoms with Crippen LogP contribution in [0.2, 0.25) is 0 Å². The minimum absolute atomic E-state index is 0.00211. The fourth-order valence-corrected chi connectivity index (χ4v) is 3.91. The Kier molecular flexibility index (Phi) is 4.97. The highest BCUT2D eigenvalue weighted by atomic mass is 19.4. The number of rotatable bonds is 3. The minimum Gasteiger partial charge on any atom is -0.465 e. The summed E-state index contributed by atoms with van der Waals surface area (Å²) in [5, 5.41) is 7.47. The molecule has 0 aliphatic heterocycles. The Bertz CT molecular complexity index is 1700. The zero-order valence-corrected chi connectivity index (χ0v) is 18.1. The number of carbonyl (C=O) groups excluding carboxylic acids is 1. The van der Waals surface area contributed by atoms with E-state index in [-0.39, 0.29) is 33.4 Å². The largest absolute Gasteiger partial charge is 0.465 e. The maximum atomic E-state index is 14.6. The molecule has 0 fully saturated rings. The Morgan fingerprint density at radius 1 is 1.14 bits per heavy atom. The molecule has 0 unspecified atom stereocenters. The summed E-state index contributed by atoms with van der Waals surface area (Å²) in [5.74, 6) is -1.80. The monoisotopic (exact) mass is 485 g/mol. The van der Waals surface area contributed by atoms with E-state index in [0.29, 0.717) is 11.0 Å². The van der Waals surface area contributed by atoms with Crippen LogP contribution in [0.5, 0.6) is 0 Å². The zero-order valence-electron chi connectivity index (χ0n) is 18.1. The average molecular weight is 485 g/mol. The molecule has 0 spiro atoms. The van der Waals surface area contributed by atoms with Crippen molar-refractivity contribution in [2.45, 2.75) is 6.18 Å². The molecule has 3 heterocycles. The number of H-pyrrole nitrogens is 1. The standard InChI is InChI=1S/C23H15F4N5O3/c1-31-20-15(10-28-31)19-17(18(29-20)11-4-3-5-12(8-11)23(25,26)27)21(33)32(30-19)13-6-7-14(16(24)9-13)22(34)35-2/h3-10,30H,1-2H3. The second-order valence-corrected chi connectivity index (χ2v) is 7.70. The summed E-state index contributed by atoms with van der Waals surface area (Å²) in [5.41, 5.74) is -1.16. The number of nitrogens with zero attached hydrogens (tertiary/aromatic N) is 4. The molecule has 0 aliphatic carbocycles. The van der Waals surface area contributed by atoms with Crippen LogP contribution in [0.15, 0.2) is 53.5 Å². The van der Waals surface area contributed by atoms with Crippen molar-refractivity contribution in [1.29, 1.82) is 0 Å². The van der Waals surface area contributed by atoms with Crippen molar-refractivity contribution in [2.75, 3.05) is 7.11 Å². The molecular formula is C23H15F4N5O3. The summed E-state index contributed by atoms with van der Waals surface area (Å²) in [4.78, 5) is 29.6. The van der Waals surface area contributed by atoms with E-state index in [1.165, 1.54) is 35.1 Å². The first-order valence-electron chi connectivity index (χ1n) is 10.1. The van der Waals surface area contributed by atoms with Crippen molar-refractivity contribution >= 4 is 27.9 Å². The van der Waals surface area contributed by atoms with E-state index in [1.807, 2.05) is 0 Å². The van der Waals surface area contributed by atoms with Gasteiger partial charge in [0.05, 0.1) is 52.1 Å². The van der Waals surface area contributed by atoms with Crippen LogP contribution in [0.4, 0.5) is 17.6 Å². The van der Waals surface area contributed by atoms with Crippen LogP contribution in [0.3, 0.4) is 0 Å². The van der Waals surface area contributed by atoms with Gasteiger partial charge in [-0.25, -0.2) is 18.9 Å². The summed E-state index contributed by atoms with van der Waals surface area (Å²) >= 11 is 0. The molecule has 8 nitrogen and oxygen atoms in total. The van der Waals surface area contributed by atoms with Crippen molar-refractivity contribution < 1.29 is 27.1 Å². The van der Waals surface area contributed by atoms with Gasteiger partial charge >= 0.3 is 12.1 Å². The van der Waals surface area contributed by atoms with E-state index in [0.717, 1.165) is 30.0 Å². The smallest absolute Gasteiger partial charge is 0.416 e. The summed E-state index contributed by atoms with van der Waals surface area (Å²) in [6.45, 7) is 0. The first-order valence-corrected chi connectivity index (χ1v) is 10.1. The van der Waals surface area contributed by atoms with Crippen molar-refractivity contribution in [3.63, 3.8) is 0 Å². The predicted octanol–water partition coefficient (Wildman–Crippen LogP) is 4.21. The van der Waals surface area contributed by atoms with Crippen LogP contribution in [0, 0.1) is 5.82 Å². The Labute approximate surface area is 193 Å². The molecule has 0 saturated heterocycles. The number of benzene rings is 2. The van der Waals surface area contributed by atoms with Gasteiger partial charge < -0.3 is 4.74 Å². The molecular weight excluding hydrogens is 470 g/mol. The Balaban J connectivity index is 1.81. The number of hydrogen-bond acceptors (Lipinski definition) is 5. The topological polar surface area (TPSA) is 94.8 Å². The number of carbonyl (C=O) groups is 1. The molecule has 0 saturated carbocycles. The fraction of sp³-hybridized carbons (Fsp3) is 0.130. The lowest BCUT2D eigenvalue weighted by Gasteiger charge is -2.09. The van der Waals surface area contributed by atoms with E-state index in [1.54, 1.807) is 7.05 Å². The van der Waals surface area contributed by atoms with Crippen LogP contribution in [-0.2, 0) is 18.0 Å². The molecule has 12 heteroatoms. The number of esters is 1. The number of alkyl halides is 3. The highest BCUT2D eigenvalue weighted by Crippen LogP contribution is 2.34. The highest BCUT2D eigenvalue weighted by molar-refractivity contribution is 6.07. The van der Waals surface area contributed by atoms with Crippen molar-refractivity contribution in [2.24, 2.45) is 7.05 Å². The van der Waals surface area contributed by atoms with Gasteiger partial charge in [-0.15, -0.1) is 0 Å². The molecule has 0 atom stereocenters. The Morgan fingerprint density at radius 3 is 2.60 bits per heavy atom. The van der Waals surface area contributed by atoms with Gasteiger partial charge in [-0.1, -0.05) is 12.1 Å². The number of fused-ring (bicyclic) bond motifs is 3. The van der Waals surface area contributed by atoms with E-state index >= 15 is 0 Å². The molecule has 0 bridgehead atoms. The quantitative estimate of drug-likeness (QED) is 0.305. The molecule has 0 aliphatic rings. The Hall–Kier alpha value is -4.48. The third kappa shape index (κ3) is 3.54. The number of aryl methyl sites for hydroxylation is 1. The summed E-state index contributed by atoms with van der Waals surface area (Å²) in [6.07, 6.45) is -3.13. The van der Waals surface area contributed by atoms with Gasteiger partial charge in [0, 0.05) is 18.7 Å². The van der Waals surface area contributed by atoms with Crippen LogP contribution >= 0.6 is 0 Å². The van der Waals surface area contributed by atoms with Crippen molar-refractivity contribution in [1.82, 2.24) is 24.5 Å². The fourth-order valence-electron chi connectivity index (χ4n) is 3.91. The molecule has 5 aromatic rings. The molecule has 3 aromatic heterocycles. The number of aromatic nitrogens is 5. The maximum absolute atomic E-state index is 14.6. The molecule has 1 N–H and O–H groups in total. The van der Waals surface area contributed by atoms with Crippen LogP contribution in [0.1, 0.15) is 15.9 Å². The first kappa shape index (κ1) is 22.3. The van der Waals surface area contributed by atoms with Gasteiger partial charge in [-0.05, 0) is 24.3 Å².